The molecule has 0 saturated heterocycles. The molecule has 23 heavy (non-hydrogen) atoms. The van der Waals surface area contributed by atoms with Crippen LogP contribution in [0.5, 0.6) is 11.5 Å². The minimum atomic E-state index is 0.494. The third-order valence-corrected chi connectivity index (χ3v) is 4.37. The Hall–Kier alpha value is -1.52. The van der Waals surface area contributed by atoms with Crippen LogP contribution in [0.4, 0.5) is 0 Å². The van der Waals surface area contributed by atoms with Crippen LogP contribution in [0.2, 0.25) is 0 Å². The number of nitrogens with one attached hydrogen (secondary N) is 1. The first-order valence-electron chi connectivity index (χ1n) is 7.90. The van der Waals surface area contributed by atoms with Crippen molar-refractivity contribution >= 4 is 15.9 Å². The lowest BCUT2D eigenvalue weighted by Gasteiger charge is -2.16. The van der Waals surface area contributed by atoms with Crippen molar-refractivity contribution in [1.82, 2.24) is 5.32 Å². The van der Waals surface area contributed by atoms with Gasteiger partial charge in [-0.25, -0.2) is 0 Å². The van der Waals surface area contributed by atoms with E-state index in [2.05, 4.69) is 41.2 Å². The average Bonchev–Trinajstić information content (AvgIpc) is 2.59. The largest absolute Gasteiger partial charge is 0.493 e. The standard InChI is InChI=1S/C19H24BrNO2/c1-4-14(2)21-12-16-10-17(20)19(18(11-16)22-3)23-13-15-8-6-5-7-9-15/h5-11,14,21H,4,12-13H2,1-3H3. The van der Waals surface area contributed by atoms with Crippen molar-refractivity contribution in [1.29, 1.82) is 0 Å². The molecule has 0 aliphatic rings. The maximum Gasteiger partial charge on any atom is 0.175 e. The molecule has 2 aromatic carbocycles. The first-order valence-corrected chi connectivity index (χ1v) is 8.69. The fourth-order valence-electron chi connectivity index (χ4n) is 2.18. The molecule has 0 aliphatic carbocycles. The summed E-state index contributed by atoms with van der Waals surface area (Å²) in [6, 6.07) is 14.7. The van der Waals surface area contributed by atoms with Gasteiger partial charge in [-0.2, -0.15) is 0 Å². The molecule has 4 heteroatoms. The van der Waals surface area contributed by atoms with E-state index in [0.717, 1.165) is 34.5 Å². The van der Waals surface area contributed by atoms with Gasteiger partial charge in [-0.15, -0.1) is 0 Å². The van der Waals surface area contributed by atoms with Crippen molar-refractivity contribution in [3.05, 3.63) is 58.1 Å². The molecular formula is C19H24BrNO2. The molecule has 124 valence electrons. The highest BCUT2D eigenvalue weighted by atomic mass is 79.9. The highest BCUT2D eigenvalue weighted by Crippen LogP contribution is 2.37. The monoisotopic (exact) mass is 377 g/mol. The summed E-state index contributed by atoms with van der Waals surface area (Å²) in [7, 11) is 1.67. The normalized spacial score (nSPS) is 12.0. The van der Waals surface area contributed by atoms with Gasteiger partial charge in [0.1, 0.15) is 6.61 Å². The second-order valence-electron chi connectivity index (χ2n) is 5.57. The number of benzene rings is 2. The fraction of sp³-hybridized carbons (Fsp3) is 0.368. The smallest absolute Gasteiger partial charge is 0.175 e. The lowest BCUT2D eigenvalue weighted by Crippen LogP contribution is -2.24. The molecule has 0 amide bonds. The van der Waals surface area contributed by atoms with E-state index in [1.165, 1.54) is 5.56 Å². The first-order chi connectivity index (χ1) is 11.1. The second-order valence-corrected chi connectivity index (χ2v) is 6.43. The van der Waals surface area contributed by atoms with Gasteiger partial charge in [0.25, 0.3) is 0 Å². The molecular weight excluding hydrogens is 354 g/mol. The Morgan fingerprint density at radius 2 is 1.87 bits per heavy atom. The predicted octanol–water partition coefficient (Wildman–Crippen LogP) is 4.92. The number of methoxy groups -OCH3 is 1. The number of hydrogen-bond acceptors (Lipinski definition) is 3. The lowest BCUT2D eigenvalue weighted by atomic mass is 10.1. The van der Waals surface area contributed by atoms with Crippen molar-refractivity contribution in [2.45, 2.75) is 39.5 Å². The van der Waals surface area contributed by atoms with Crippen LogP contribution in [-0.2, 0) is 13.2 Å². The van der Waals surface area contributed by atoms with Gasteiger partial charge in [0, 0.05) is 12.6 Å². The summed E-state index contributed by atoms with van der Waals surface area (Å²) < 4.78 is 12.4. The summed E-state index contributed by atoms with van der Waals surface area (Å²) in [6.45, 7) is 5.68. The van der Waals surface area contributed by atoms with Crippen molar-refractivity contribution in [2.24, 2.45) is 0 Å². The van der Waals surface area contributed by atoms with Crippen LogP contribution >= 0.6 is 15.9 Å². The van der Waals surface area contributed by atoms with Crippen LogP contribution in [0.3, 0.4) is 0 Å². The van der Waals surface area contributed by atoms with E-state index in [1.807, 2.05) is 36.4 Å². The van der Waals surface area contributed by atoms with Crippen molar-refractivity contribution in [3.8, 4) is 11.5 Å². The van der Waals surface area contributed by atoms with E-state index in [4.69, 9.17) is 9.47 Å². The van der Waals surface area contributed by atoms with Crippen LogP contribution in [-0.4, -0.2) is 13.2 Å². The molecule has 0 aromatic heterocycles. The Kier molecular flexibility index (Phi) is 6.93. The van der Waals surface area contributed by atoms with Crippen molar-refractivity contribution in [3.63, 3.8) is 0 Å². The van der Waals surface area contributed by atoms with Crippen LogP contribution in [0.1, 0.15) is 31.4 Å². The summed E-state index contributed by atoms with van der Waals surface area (Å²) in [6.07, 6.45) is 1.11. The lowest BCUT2D eigenvalue weighted by molar-refractivity contribution is 0.282. The number of hydrogen-bond donors (Lipinski definition) is 1. The summed E-state index contributed by atoms with van der Waals surface area (Å²) in [4.78, 5) is 0. The van der Waals surface area contributed by atoms with Gasteiger partial charge < -0.3 is 14.8 Å². The zero-order valence-corrected chi connectivity index (χ0v) is 15.5. The molecule has 1 atom stereocenters. The Morgan fingerprint density at radius 1 is 1.13 bits per heavy atom. The van der Waals surface area contributed by atoms with E-state index in [9.17, 15) is 0 Å². The van der Waals surface area contributed by atoms with Crippen LogP contribution in [0, 0.1) is 0 Å². The van der Waals surface area contributed by atoms with Gasteiger partial charge in [-0.1, -0.05) is 37.3 Å². The number of rotatable bonds is 8. The topological polar surface area (TPSA) is 30.5 Å². The summed E-state index contributed by atoms with van der Waals surface area (Å²) in [5.41, 5.74) is 2.30. The molecule has 0 spiro atoms. The molecule has 1 unspecified atom stereocenters. The average molecular weight is 378 g/mol. The molecule has 0 saturated carbocycles. The first kappa shape index (κ1) is 17.8. The highest BCUT2D eigenvalue weighted by Gasteiger charge is 2.12. The van der Waals surface area contributed by atoms with Gasteiger partial charge in [-0.3, -0.25) is 0 Å². The molecule has 3 nitrogen and oxygen atoms in total. The maximum absolute atomic E-state index is 5.95. The van der Waals surface area contributed by atoms with E-state index in [1.54, 1.807) is 7.11 Å². The molecule has 2 aromatic rings. The minimum absolute atomic E-state index is 0.494. The number of ether oxygens (including phenoxy) is 2. The molecule has 0 bridgehead atoms. The quantitative estimate of drug-likeness (QED) is 0.707. The zero-order chi connectivity index (χ0) is 16.7. The third kappa shape index (κ3) is 5.26. The van der Waals surface area contributed by atoms with Crippen LogP contribution in [0.25, 0.3) is 0 Å². The van der Waals surface area contributed by atoms with Crippen LogP contribution < -0.4 is 14.8 Å². The van der Waals surface area contributed by atoms with Gasteiger partial charge in [0.2, 0.25) is 0 Å². The predicted molar refractivity (Wildman–Crippen MR) is 98.1 cm³/mol. The Balaban J connectivity index is 2.10. The Labute approximate surface area is 147 Å². The van der Waals surface area contributed by atoms with Crippen LogP contribution in [0.15, 0.2) is 46.9 Å². The molecule has 0 aliphatic heterocycles. The van der Waals surface area contributed by atoms with E-state index < -0.39 is 0 Å². The van der Waals surface area contributed by atoms with Gasteiger partial charge in [0.15, 0.2) is 11.5 Å². The summed E-state index contributed by atoms with van der Waals surface area (Å²) in [5, 5.41) is 3.49. The Bertz CT molecular complexity index is 616. The summed E-state index contributed by atoms with van der Waals surface area (Å²) >= 11 is 3.60. The highest BCUT2D eigenvalue weighted by molar-refractivity contribution is 9.10. The van der Waals surface area contributed by atoms with E-state index >= 15 is 0 Å². The molecule has 1 N–H and O–H groups in total. The molecule has 0 radical (unpaired) electrons. The zero-order valence-electron chi connectivity index (χ0n) is 13.9. The SMILES string of the molecule is CCC(C)NCc1cc(Br)c(OCc2ccccc2)c(OC)c1. The number of halogens is 1. The van der Waals surface area contributed by atoms with Gasteiger partial charge in [-0.05, 0) is 52.5 Å². The maximum atomic E-state index is 5.95. The Morgan fingerprint density at radius 3 is 2.52 bits per heavy atom. The molecule has 2 rings (SSSR count). The molecule has 0 heterocycles. The second kappa shape index (κ2) is 8.94. The van der Waals surface area contributed by atoms with E-state index in [0.29, 0.717) is 12.6 Å². The third-order valence-electron chi connectivity index (χ3n) is 3.78. The molecule has 0 fully saturated rings. The van der Waals surface area contributed by atoms with Crippen molar-refractivity contribution < 1.29 is 9.47 Å². The van der Waals surface area contributed by atoms with Gasteiger partial charge in [0.05, 0.1) is 11.6 Å². The summed E-state index contributed by atoms with van der Waals surface area (Å²) in [5.74, 6) is 1.49. The van der Waals surface area contributed by atoms with Gasteiger partial charge >= 0.3 is 0 Å². The minimum Gasteiger partial charge on any atom is -0.493 e. The van der Waals surface area contributed by atoms with E-state index in [-0.39, 0.29) is 0 Å². The fourth-order valence-corrected chi connectivity index (χ4v) is 2.79. The van der Waals surface area contributed by atoms with Crippen molar-refractivity contribution in [2.75, 3.05) is 7.11 Å².